The Balaban J connectivity index is 2.84. The summed E-state index contributed by atoms with van der Waals surface area (Å²) in [6.07, 6.45) is -4.52. The van der Waals surface area contributed by atoms with Crippen molar-refractivity contribution >= 4 is 5.97 Å². The lowest BCUT2D eigenvalue weighted by Gasteiger charge is -2.31. The van der Waals surface area contributed by atoms with Crippen LogP contribution in [0.5, 0.6) is 0 Å². The predicted molar refractivity (Wildman–Crippen MR) is 53.5 cm³/mol. The van der Waals surface area contributed by atoms with Gasteiger partial charge in [-0.15, -0.1) is 0 Å². The highest BCUT2D eigenvalue weighted by molar-refractivity contribution is 5.73. The quantitative estimate of drug-likeness (QED) is 0.789. The van der Waals surface area contributed by atoms with Crippen LogP contribution in [0.4, 0.5) is 13.2 Å². The molecule has 1 saturated heterocycles. The van der Waals surface area contributed by atoms with E-state index in [1.54, 1.807) is 6.92 Å². The fourth-order valence-electron chi connectivity index (χ4n) is 2.21. The van der Waals surface area contributed by atoms with E-state index < -0.39 is 36.8 Å². The Hall–Kier alpha value is -0.820. The lowest BCUT2D eigenvalue weighted by atomic mass is 9.87. The number of hydrogen-bond donors (Lipinski definition) is 2. The molecule has 0 unspecified atom stereocenters. The second-order valence-electron chi connectivity index (χ2n) is 4.42. The Morgan fingerprint density at radius 2 is 2.12 bits per heavy atom. The SMILES string of the molecule is CC[C@H](C(=O)O)N1CC[C@@](CO)(C(F)(F)F)C1. The smallest absolute Gasteiger partial charge is 0.397 e. The molecule has 17 heavy (non-hydrogen) atoms. The van der Waals surface area contributed by atoms with Gasteiger partial charge >= 0.3 is 12.1 Å². The Morgan fingerprint density at radius 1 is 1.53 bits per heavy atom. The van der Waals surface area contributed by atoms with Crippen molar-refractivity contribution in [2.45, 2.75) is 32.0 Å². The largest absolute Gasteiger partial charge is 0.480 e. The minimum absolute atomic E-state index is 0.0465. The molecule has 0 spiro atoms. The van der Waals surface area contributed by atoms with E-state index in [4.69, 9.17) is 10.2 Å². The van der Waals surface area contributed by atoms with Gasteiger partial charge in [0.2, 0.25) is 0 Å². The van der Waals surface area contributed by atoms with E-state index >= 15 is 0 Å². The third-order valence-corrected chi connectivity index (χ3v) is 3.40. The third-order valence-electron chi connectivity index (χ3n) is 3.40. The molecule has 1 rings (SSSR count). The van der Waals surface area contributed by atoms with E-state index in [2.05, 4.69) is 0 Å². The average molecular weight is 255 g/mol. The summed E-state index contributed by atoms with van der Waals surface area (Å²) in [5, 5.41) is 17.9. The summed E-state index contributed by atoms with van der Waals surface area (Å²) in [5.74, 6) is -1.12. The first-order valence-corrected chi connectivity index (χ1v) is 5.42. The first kappa shape index (κ1) is 14.2. The van der Waals surface area contributed by atoms with Gasteiger partial charge in [0.05, 0.1) is 6.61 Å². The molecular weight excluding hydrogens is 239 g/mol. The molecular formula is C10H16F3NO3. The van der Waals surface area contributed by atoms with Crippen LogP contribution >= 0.6 is 0 Å². The van der Waals surface area contributed by atoms with E-state index in [0.29, 0.717) is 0 Å². The van der Waals surface area contributed by atoms with Gasteiger partial charge in [-0.1, -0.05) is 6.92 Å². The van der Waals surface area contributed by atoms with Crippen molar-refractivity contribution in [1.29, 1.82) is 0 Å². The van der Waals surface area contributed by atoms with Gasteiger partial charge < -0.3 is 10.2 Å². The third kappa shape index (κ3) is 2.55. The lowest BCUT2D eigenvalue weighted by Crippen LogP contribution is -2.46. The minimum Gasteiger partial charge on any atom is -0.480 e. The molecule has 0 aromatic heterocycles. The highest BCUT2D eigenvalue weighted by Gasteiger charge is 2.58. The molecule has 1 heterocycles. The maximum Gasteiger partial charge on any atom is 0.397 e. The van der Waals surface area contributed by atoms with Crippen molar-refractivity contribution in [3.8, 4) is 0 Å². The van der Waals surface area contributed by atoms with Crippen LogP contribution in [0.25, 0.3) is 0 Å². The van der Waals surface area contributed by atoms with Crippen LogP contribution in [0.1, 0.15) is 19.8 Å². The zero-order valence-electron chi connectivity index (χ0n) is 9.50. The fourth-order valence-corrected chi connectivity index (χ4v) is 2.21. The number of aliphatic hydroxyl groups excluding tert-OH is 1. The fraction of sp³-hybridized carbons (Fsp3) is 0.900. The summed E-state index contributed by atoms with van der Waals surface area (Å²) in [7, 11) is 0. The number of alkyl halides is 3. The molecule has 2 atom stereocenters. The Morgan fingerprint density at radius 3 is 2.41 bits per heavy atom. The minimum atomic E-state index is -4.51. The molecule has 0 bridgehead atoms. The van der Waals surface area contributed by atoms with Crippen LogP contribution in [0.15, 0.2) is 0 Å². The Bertz CT molecular complexity index is 295. The molecule has 0 saturated carbocycles. The van der Waals surface area contributed by atoms with Crippen molar-refractivity contribution in [1.82, 2.24) is 4.90 Å². The molecule has 0 aromatic rings. The number of nitrogens with zero attached hydrogens (tertiary/aromatic N) is 1. The average Bonchev–Trinajstić information content (AvgIpc) is 2.63. The number of carbonyl (C=O) groups is 1. The molecule has 1 aliphatic rings. The van der Waals surface area contributed by atoms with Crippen molar-refractivity contribution in [2.24, 2.45) is 5.41 Å². The molecule has 0 radical (unpaired) electrons. The zero-order valence-corrected chi connectivity index (χ0v) is 9.50. The van der Waals surface area contributed by atoms with Crippen LogP contribution in [0, 0.1) is 5.41 Å². The molecule has 7 heteroatoms. The van der Waals surface area contributed by atoms with Crippen LogP contribution in [-0.4, -0.2) is 53.0 Å². The number of carboxylic acid groups (broad SMARTS) is 1. The second-order valence-corrected chi connectivity index (χ2v) is 4.42. The highest BCUT2D eigenvalue weighted by Crippen LogP contribution is 2.45. The van der Waals surface area contributed by atoms with Crippen LogP contribution in [0.3, 0.4) is 0 Å². The van der Waals surface area contributed by atoms with Crippen molar-refractivity contribution < 1.29 is 28.2 Å². The molecule has 1 fully saturated rings. The van der Waals surface area contributed by atoms with Crippen LogP contribution in [0.2, 0.25) is 0 Å². The standard InChI is InChI=1S/C10H16F3NO3/c1-2-7(8(16)17)14-4-3-9(5-14,6-15)10(11,12)13/h7,15H,2-6H2,1H3,(H,16,17)/t7-,9-/m1/s1. The number of rotatable bonds is 4. The van der Waals surface area contributed by atoms with Crippen molar-refractivity contribution in [3.05, 3.63) is 0 Å². The first-order chi connectivity index (χ1) is 7.77. The van der Waals surface area contributed by atoms with Crippen LogP contribution in [-0.2, 0) is 4.79 Å². The highest BCUT2D eigenvalue weighted by atomic mass is 19.4. The van der Waals surface area contributed by atoms with E-state index in [-0.39, 0.29) is 19.4 Å². The number of aliphatic hydroxyl groups is 1. The van der Waals surface area contributed by atoms with Crippen molar-refractivity contribution in [2.75, 3.05) is 19.7 Å². The predicted octanol–water partition coefficient (Wildman–Crippen LogP) is 1.10. The topological polar surface area (TPSA) is 60.8 Å². The summed E-state index contributed by atoms with van der Waals surface area (Å²) in [5.41, 5.74) is -2.17. The normalized spacial score (nSPS) is 28.3. The molecule has 2 N–H and O–H groups in total. The Labute approximate surface area is 97.0 Å². The monoisotopic (exact) mass is 255 g/mol. The van der Waals surface area contributed by atoms with Gasteiger partial charge in [-0.3, -0.25) is 9.69 Å². The first-order valence-electron chi connectivity index (χ1n) is 5.42. The van der Waals surface area contributed by atoms with Gasteiger partial charge in [0, 0.05) is 13.1 Å². The maximum absolute atomic E-state index is 12.8. The number of halogens is 3. The molecule has 4 nitrogen and oxygen atoms in total. The van der Waals surface area contributed by atoms with E-state index in [1.165, 1.54) is 4.90 Å². The van der Waals surface area contributed by atoms with Gasteiger partial charge in [0.25, 0.3) is 0 Å². The van der Waals surface area contributed by atoms with Gasteiger partial charge in [-0.25, -0.2) is 0 Å². The Kier molecular flexibility index (Phi) is 4.03. The molecule has 0 aliphatic carbocycles. The number of carboxylic acids is 1. The van der Waals surface area contributed by atoms with Gasteiger partial charge in [0.15, 0.2) is 0 Å². The number of likely N-dealkylation sites (tertiary alicyclic amines) is 1. The van der Waals surface area contributed by atoms with Gasteiger partial charge in [0.1, 0.15) is 11.5 Å². The number of aliphatic carboxylic acids is 1. The molecule has 100 valence electrons. The molecule has 0 aromatic carbocycles. The van der Waals surface area contributed by atoms with Crippen LogP contribution < -0.4 is 0 Å². The summed E-state index contributed by atoms with van der Waals surface area (Å²) in [4.78, 5) is 12.2. The summed E-state index contributed by atoms with van der Waals surface area (Å²) in [6.45, 7) is 0.219. The van der Waals surface area contributed by atoms with Gasteiger partial charge in [-0.05, 0) is 12.8 Å². The second kappa shape index (κ2) is 4.81. The maximum atomic E-state index is 12.8. The van der Waals surface area contributed by atoms with Crippen molar-refractivity contribution in [3.63, 3.8) is 0 Å². The molecule has 0 amide bonds. The van der Waals surface area contributed by atoms with E-state index in [9.17, 15) is 18.0 Å². The molecule has 1 aliphatic heterocycles. The zero-order chi connectivity index (χ0) is 13.3. The summed E-state index contributed by atoms with van der Waals surface area (Å²) in [6, 6.07) is -0.911. The lowest BCUT2D eigenvalue weighted by molar-refractivity contribution is -0.231. The summed E-state index contributed by atoms with van der Waals surface area (Å²) < 4.78 is 38.5. The summed E-state index contributed by atoms with van der Waals surface area (Å²) >= 11 is 0. The van der Waals surface area contributed by atoms with E-state index in [0.717, 1.165) is 0 Å². The number of hydrogen-bond acceptors (Lipinski definition) is 3. The van der Waals surface area contributed by atoms with E-state index in [1.807, 2.05) is 0 Å². The van der Waals surface area contributed by atoms with Gasteiger partial charge in [-0.2, -0.15) is 13.2 Å².